The highest BCUT2D eigenvalue weighted by atomic mass is 16.5. The molecular formula is C22H20N6O2. The lowest BCUT2D eigenvalue weighted by atomic mass is 10.1. The van der Waals surface area contributed by atoms with Gasteiger partial charge in [0.15, 0.2) is 5.82 Å². The summed E-state index contributed by atoms with van der Waals surface area (Å²) in [4.78, 5) is 20.8. The van der Waals surface area contributed by atoms with Crippen LogP contribution in [0.5, 0.6) is 5.75 Å². The van der Waals surface area contributed by atoms with E-state index in [1.807, 2.05) is 31.2 Å². The number of nitrogens with zero attached hydrogens (tertiary/aromatic N) is 3. The first-order valence-corrected chi connectivity index (χ1v) is 9.27. The van der Waals surface area contributed by atoms with Gasteiger partial charge in [-0.15, -0.1) is 0 Å². The Morgan fingerprint density at radius 2 is 1.97 bits per heavy atom. The van der Waals surface area contributed by atoms with E-state index < -0.39 is 0 Å². The van der Waals surface area contributed by atoms with Gasteiger partial charge in [-0.05, 0) is 48.9 Å². The third kappa shape index (κ3) is 4.27. The van der Waals surface area contributed by atoms with Crippen LogP contribution in [0.1, 0.15) is 15.9 Å². The molecule has 0 aliphatic heterocycles. The minimum Gasteiger partial charge on any atom is -0.496 e. The molecule has 0 spiro atoms. The number of hydrogen-bond acceptors (Lipinski definition) is 6. The molecule has 2 heterocycles. The number of amides is 1. The molecule has 0 unspecified atom stereocenters. The number of rotatable bonds is 6. The van der Waals surface area contributed by atoms with E-state index in [-0.39, 0.29) is 5.91 Å². The molecule has 3 N–H and O–H groups in total. The van der Waals surface area contributed by atoms with Gasteiger partial charge >= 0.3 is 0 Å². The average molecular weight is 400 g/mol. The summed E-state index contributed by atoms with van der Waals surface area (Å²) >= 11 is 0. The van der Waals surface area contributed by atoms with E-state index >= 15 is 0 Å². The van der Waals surface area contributed by atoms with Crippen molar-refractivity contribution in [2.45, 2.75) is 6.92 Å². The summed E-state index contributed by atoms with van der Waals surface area (Å²) in [5, 5.41) is 13.1. The number of nitrogens with one attached hydrogen (secondary N) is 3. The van der Waals surface area contributed by atoms with Crippen molar-refractivity contribution in [1.82, 2.24) is 20.2 Å². The molecule has 4 aromatic rings. The molecule has 2 aromatic carbocycles. The normalized spacial score (nSPS) is 10.5. The molecule has 150 valence electrons. The lowest BCUT2D eigenvalue weighted by Crippen LogP contribution is -2.12. The summed E-state index contributed by atoms with van der Waals surface area (Å²) in [5.41, 5.74) is 4.00. The van der Waals surface area contributed by atoms with Crippen LogP contribution in [0.25, 0.3) is 11.3 Å². The summed E-state index contributed by atoms with van der Waals surface area (Å²) in [5.74, 6) is 1.60. The van der Waals surface area contributed by atoms with Gasteiger partial charge in [0.25, 0.3) is 5.91 Å². The van der Waals surface area contributed by atoms with Gasteiger partial charge in [-0.1, -0.05) is 6.07 Å². The Balaban J connectivity index is 1.47. The van der Waals surface area contributed by atoms with Crippen LogP contribution in [0.15, 0.2) is 67.1 Å². The number of carbonyl (C=O) groups is 1. The summed E-state index contributed by atoms with van der Waals surface area (Å²) in [6, 6.07) is 14.8. The fourth-order valence-electron chi connectivity index (χ4n) is 3.02. The topological polar surface area (TPSA) is 105 Å². The smallest absolute Gasteiger partial charge is 0.256 e. The number of H-pyrrole nitrogens is 1. The highest BCUT2D eigenvalue weighted by Crippen LogP contribution is 2.26. The highest BCUT2D eigenvalue weighted by molar-refractivity contribution is 6.04. The Bertz CT molecular complexity index is 1170. The predicted octanol–water partition coefficient (Wildman–Crippen LogP) is 4.18. The Labute approximate surface area is 173 Å². The fraction of sp³-hybridized carbons (Fsp3) is 0.0909. The maximum Gasteiger partial charge on any atom is 0.256 e. The number of hydrogen-bond donors (Lipinski definition) is 3. The summed E-state index contributed by atoms with van der Waals surface area (Å²) < 4.78 is 5.29. The monoisotopic (exact) mass is 400 g/mol. The predicted molar refractivity (Wildman–Crippen MR) is 115 cm³/mol. The van der Waals surface area contributed by atoms with Crippen molar-refractivity contribution in [1.29, 1.82) is 0 Å². The molecule has 0 atom stereocenters. The van der Waals surface area contributed by atoms with Crippen LogP contribution in [0.4, 0.5) is 17.3 Å². The Morgan fingerprint density at radius 3 is 2.73 bits per heavy atom. The number of aromatic amines is 1. The number of carbonyl (C=O) groups excluding carboxylic acids is 1. The van der Waals surface area contributed by atoms with Gasteiger partial charge in [0.1, 0.15) is 11.6 Å². The third-order valence-corrected chi connectivity index (χ3v) is 4.49. The molecule has 0 saturated carbocycles. The quantitative estimate of drug-likeness (QED) is 0.448. The number of methoxy groups -OCH3 is 1. The van der Waals surface area contributed by atoms with Crippen LogP contribution >= 0.6 is 0 Å². The van der Waals surface area contributed by atoms with Crippen molar-refractivity contribution >= 4 is 23.2 Å². The van der Waals surface area contributed by atoms with E-state index in [0.717, 1.165) is 28.3 Å². The molecule has 30 heavy (non-hydrogen) atoms. The zero-order valence-electron chi connectivity index (χ0n) is 16.5. The first-order valence-electron chi connectivity index (χ1n) is 9.27. The highest BCUT2D eigenvalue weighted by Gasteiger charge is 2.11. The van der Waals surface area contributed by atoms with Crippen LogP contribution in [0.3, 0.4) is 0 Å². The van der Waals surface area contributed by atoms with Gasteiger partial charge < -0.3 is 15.4 Å². The molecule has 1 amide bonds. The maximum absolute atomic E-state index is 12.7. The Kier molecular flexibility index (Phi) is 5.38. The third-order valence-electron chi connectivity index (χ3n) is 4.49. The van der Waals surface area contributed by atoms with E-state index in [4.69, 9.17) is 4.74 Å². The molecular weight excluding hydrogens is 380 g/mol. The average Bonchev–Trinajstić information content (AvgIpc) is 3.23. The van der Waals surface area contributed by atoms with Crippen molar-refractivity contribution < 1.29 is 9.53 Å². The number of benzene rings is 2. The molecule has 2 aromatic heterocycles. The molecule has 0 radical (unpaired) electrons. The second kappa shape index (κ2) is 8.44. The first-order chi connectivity index (χ1) is 14.6. The van der Waals surface area contributed by atoms with Crippen LogP contribution in [-0.2, 0) is 0 Å². The SMILES string of the molecule is COc1ccc(-c2cc(NC(=O)c3cccc(Nc4cnccn4)c3)n[nH]2)cc1C. The molecule has 0 bridgehead atoms. The van der Waals surface area contributed by atoms with Crippen LogP contribution in [0.2, 0.25) is 0 Å². The minimum absolute atomic E-state index is 0.262. The van der Waals surface area contributed by atoms with E-state index in [1.54, 1.807) is 50.0 Å². The van der Waals surface area contributed by atoms with E-state index in [1.165, 1.54) is 0 Å². The number of anilines is 3. The van der Waals surface area contributed by atoms with Crippen LogP contribution < -0.4 is 15.4 Å². The van der Waals surface area contributed by atoms with Crippen molar-refractivity contribution in [3.05, 3.63) is 78.2 Å². The molecule has 0 aliphatic carbocycles. The molecule has 8 heteroatoms. The van der Waals surface area contributed by atoms with Crippen LogP contribution in [0, 0.1) is 6.92 Å². The first kappa shape index (κ1) is 19.1. The Hall–Kier alpha value is -4.20. The number of aryl methyl sites for hydroxylation is 1. The van der Waals surface area contributed by atoms with Gasteiger partial charge in [-0.25, -0.2) is 4.98 Å². The van der Waals surface area contributed by atoms with Gasteiger partial charge in [0.05, 0.1) is 19.0 Å². The molecule has 0 aliphatic rings. The van der Waals surface area contributed by atoms with Crippen molar-refractivity contribution in [2.24, 2.45) is 0 Å². The molecule has 8 nitrogen and oxygen atoms in total. The minimum atomic E-state index is -0.262. The summed E-state index contributed by atoms with van der Waals surface area (Å²) in [7, 11) is 1.64. The second-order valence-electron chi connectivity index (χ2n) is 6.60. The van der Waals surface area contributed by atoms with E-state index in [2.05, 4.69) is 30.8 Å². The zero-order valence-corrected chi connectivity index (χ0v) is 16.5. The van der Waals surface area contributed by atoms with Crippen molar-refractivity contribution in [2.75, 3.05) is 17.7 Å². The largest absolute Gasteiger partial charge is 0.496 e. The second-order valence-corrected chi connectivity index (χ2v) is 6.60. The molecule has 4 rings (SSSR count). The Morgan fingerprint density at radius 1 is 1.07 bits per heavy atom. The fourth-order valence-corrected chi connectivity index (χ4v) is 3.02. The van der Waals surface area contributed by atoms with E-state index in [9.17, 15) is 4.79 Å². The van der Waals surface area contributed by atoms with E-state index in [0.29, 0.717) is 17.2 Å². The molecule has 0 saturated heterocycles. The lowest BCUT2D eigenvalue weighted by Gasteiger charge is -2.07. The molecule has 0 fully saturated rings. The van der Waals surface area contributed by atoms with Gasteiger partial charge in [-0.3, -0.25) is 14.9 Å². The summed E-state index contributed by atoms with van der Waals surface area (Å²) in [6.45, 7) is 1.98. The van der Waals surface area contributed by atoms with Crippen LogP contribution in [-0.4, -0.2) is 33.2 Å². The number of ether oxygens (including phenoxy) is 1. The lowest BCUT2D eigenvalue weighted by molar-refractivity contribution is 0.102. The van der Waals surface area contributed by atoms with Crippen molar-refractivity contribution in [3.63, 3.8) is 0 Å². The zero-order chi connectivity index (χ0) is 20.9. The van der Waals surface area contributed by atoms with Gasteiger partial charge in [0, 0.05) is 35.3 Å². The van der Waals surface area contributed by atoms with Crippen molar-refractivity contribution in [3.8, 4) is 17.0 Å². The summed E-state index contributed by atoms with van der Waals surface area (Å²) in [6.07, 6.45) is 4.80. The van der Waals surface area contributed by atoms with Gasteiger partial charge in [0.2, 0.25) is 0 Å². The standard InChI is InChI=1S/C22H20N6O2/c1-14-10-15(6-7-19(14)30-2)18-12-20(28-27-18)26-22(29)16-4-3-5-17(11-16)25-21-13-23-8-9-24-21/h3-13H,1-2H3,(H,24,25)(H2,26,27,28,29). The number of aromatic nitrogens is 4. The van der Waals surface area contributed by atoms with Gasteiger partial charge in [-0.2, -0.15) is 5.10 Å². The maximum atomic E-state index is 12.7.